The highest BCUT2D eigenvalue weighted by Crippen LogP contribution is 2.27. The van der Waals surface area contributed by atoms with E-state index in [0.29, 0.717) is 16.3 Å². The summed E-state index contributed by atoms with van der Waals surface area (Å²) in [6.45, 7) is 1.84. The van der Waals surface area contributed by atoms with Crippen molar-refractivity contribution in [1.29, 1.82) is 0 Å². The zero-order valence-corrected chi connectivity index (χ0v) is 8.95. The molecule has 0 radical (unpaired) electrons. The molecule has 1 aromatic rings. The maximum absolute atomic E-state index is 11.0. The van der Waals surface area contributed by atoms with Crippen LogP contribution in [-0.4, -0.2) is 12.2 Å². The first-order valence-corrected chi connectivity index (χ1v) is 4.46. The molecule has 4 heteroatoms. The maximum Gasteiger partial charge on any atom is 0.220 e. The number of ether oxygens (including phenoxy) is 1. The average Bonchev–Trinajstić information content (AvgIpc) is 2.08. The third-order valence-electron chi connectivity index (χ3n) is 1.71. The van der Waals surface area contributed by atoms with Gasteiger partial charge in [0.1, 0.15) is 5.75 Å². The minimum Gasteiger partial charge on any atom is -0.496 e. The van der Waals surface area contributed by atoms with Gasteiger partial charge in [-0.1, -0.05) is 11.6 Å². The van der Waals surface area contributed by atoms with Crippen LogP contribution in [0, 0.1) is 6.92 Å². The van der Waals surface area contributed by atoms with E-state index < -0.39 is 0 Å². The summed E-state index contributed by atoms with van der Waals surface area (Å²) < 4.78 is 5.01. The fraction of sp³-hybridized carbons (Fsp3) is 0.222. The number of hydrogen-bond acceptors (Lipinski definition) is 2. The van der Waals surface area contributed by atoms with Gasteiger partial charge in [-0.15, -0.1) is 12.6 Å². The molecule has 0 amide bonds. The van der Waals surface area contributed by atoms with Crippen LogP contribution in [0.25, 0.3) is 0 Å². The zero-order valence-electron chi connectivity index (χ0n) is 7.30. The molecule has 0 N–H and O–H groups in total. The molecule has 0 aliphatic heterocycles. The molecule has 0 saturated carbocycles. The largest absolute Gasteiger partial charge is 0.496 e. The van der Waals surface area contributed by atoms with Crippen molar-refractivity contribution in [1.82, 2.24) is 0 Å². The number of hydrogen-bond donors (Lipinski definition) is 1. The van der Waals surface area contributed by atoms with Gasteiger partial charge in [-0.2, -0.15) is 0 Å². The molecule has 0 heterocycles. The highest BCUT2D eigenvalue weighted by Gasteiger charge is 2.10. The molecule has 1 rings (SSSR count). The molecule has 0 bridgehead atoms. The molecule has 2 nitrogen and oxygen atoms in total. The monoisotopic (exact) mass is 216 g/mol. The number of rotatable bonds is 2. The standard InChI is InChI=1S/C9H9ClO2S/c1-5-3-8(12-2)6(9(11)13)4-7(5)10/h3-4H,1-2H3,(H,11,13). The molecule has 0 aliphatic carbocycles. The van der Waals surface area contributed by atoms with Crippen molar-refractivity contribution in [2.45, 2.75) is 6.92 Å². The lowest BCUT2D eigenvalue weighted by Crippen LogP contribution is -1.96. The Morgan fingerprint density at radius 3 is 2.62 bits per heavy atom. The van der Waals surface area contributed by atoms with Crippen LogP contribution in [0.4, 0.5) is 0 Å². The summed E-state index contributed by atoms with van der Waals surface area (Å²) in [5.74, 6) is 0.502. The summed E-state index contributed by atoms with van der Waals surface area (Å²) in [7, 11) is 1.50. The molecule has 0 unspecified atom stereocenters. The number of aryl methyl sites for hydroxylation is 1. The third-order valence-corrected chi connectivity index (χ3v) is 2.36. The lowest BCUT2D eigenvalue weighted by Gasteiger charge is -2.07. The average molecular weight is 217 g/mol. The first-order valence-electron chi connectivity index (χ1n) is 3.63. The van der Waals surface area contributed by atoms with Gasteiger partial charge in [0.05, 0.1) is 12.7 Å². The van der Waals surface area contributed by atoms with Gasteiger partial charge in [-0.05, 0) is 24.6 Å². The minimum absolute atomic E-state index is 0.348. The highest BCUT2D eigenvalue weighted by atomic mass is 35.5. The van der Waals surface area contributed by atoms with E-state index in [-0.39, 0.29) is 5.12 Å². The van der Waals surface area contributed by atoms with E-state index in [1.165, 1.54) is 7.11 Å². The lowest BCUT2D eigenvalue weighted by molar-refractivity contribution is 0.108. The topological polar surface area (TPSA) is 26.3 Å². The normalized spacial score (nSPS) is 9.85. The molecular weight excluding hydrogens is 208 g/mol. The predicted molar refractivity (Wildman–Crippen MR) is 56.1 cm³/mol. The smallest absolute Gasteiger partial charge is 0.220 e. The second-order valence-electron chi connectivity index (χ2n) is 2.61. The van der Waals surface area contributed by atoms with Gasteiger partial charge >= 0.3 is 0 Å². The van der Waals surface area contributed by atoms with Crippen LogP contribution in [0.1, 0.15) is 15.9 Å². The predicted octanol–water partition coefficient (Wildman–Crippen LogP) is 2.73. The quantitative estimate of drug-likeness (QED) is 0.770. The molecule has 0 spiro atoms. The summed E-state index contributed by atoms with van der Waals surface area (Å²) in [6.07, 6.45) is 0. The Hall–Kier alpha value is -0.670. The van der Waals surface area contributed by atoms with E-state index in [1.54, 1.807) is 12.1 Å². The van der Waals surface area contributed by atoms with Crippen LogP contribution in [0.5, 0.6) is 5.75 Å². The molecule has 70 valence electrons. The van der Waals surface area contributed by atoms with Crippen molar-refractivity contribution in [2.75, 3.05) is 7.11 Å². The summed E-state index contributed by atoms with van der Waals surface area (Å²) in [5, 5.41) is 0.192. The molecule has 13 heavy (non-hydrogen) atoms. The van der Waals surface area contributed by atoms with Crippen LogP contribution in [-0.2, 0) is 0 Å². The Kier molecular flexibility index (Phi) is 3.22. The summed E-state index contributed by atoms with van der Waals surface area (Å²) in [4.78, 5) is 11.0. The van der Waals surface area contributed by atoms with Gasteiger partial charge in [0.15, 0.2) is 0 Å². The molecule has 1 aromatic carbocycles. The van der Waals surface area contributed by atoms with Crippen molar-refractivity contribution >= 4 is 29.3 Å². The molecule has 0 aromatic heterocycles. The Morgan fingerprint density at radius 2 is 2.15 bits per heavy atom. The van der Waals surface area contributed by atoms with Crippen molar-refractivity contribution in [3.8, 4) is 5.75 Å². The van der Waals surface area contributed by atoms with Crippen molar-refractivity contribution in [3.05, 3.63) is 28.3 Å². The van der Waals surface area contributed by atoms with Crippen LogP contribution >= 0.6 is 24.2 Å². The first kappa shape index (κ1) is 10.4. The van der Waals surface area contributed by atoms with Gasteiger partial charge in [-0.3, -0.25) is 4.79 Å². The number of halogens is 1. The fourth-order valence-electron chi connectivity index (χ4n) is 0.991. The van der Waals surface area contributed by atoms with Crippen molar-refractivity contribution < 1.29 is 9.53 Å². The number of methoxy groups -OCH3 is 1. The minimum atomic E-state index is -0.348. The Morgan fingerprint density at radius 1 is 1.54 bits per heavy atom. The van der Waals surface area contributed by atoms with E-state index in [4.69, 9.17) is 16.3 Å². The second kappa shape index (κ2) is 4.03. The Labute approximate surface area is 87.3 Å². The molecule has 0 fully saturated rings. The number of thiol groups is 1. The Bertz CT molecular complexity index is 350. The van der Waals surface area contributed by atoms with Gasteiger partial charge in [0.2, 0.25) is 5.12 Å². The highest BCUT2D eigenvalue weighted by molar-refractivity contribution is 7.97. The Balaban J connectivity index is 3.33. The van der Waals surface area contributed by atoms with Gasteiger partial charge in [0.25, 0.3) is 0 Å². The van der Waals surface area contributed by atoms with E-state index in [1.807, 2.05) is 6.92 Å². The summed E-state index contributed by atoms with van der Waals surface area (Å²) in [5.41, 5.74) is 1.26. The zero-order chi connectivity index (χ0) is 10.0. The second-order valence-corrected chi connectivity index (χ2v) is 3.42. The molecule has 0 atom stereocenters. The van der Waals surface area contributed by atoms with E-state index >= 15 is 0 Å². The van der Waals surface area contributed by atoms with Crippen LogP contribution < -0.4 is 4.74 Å². The van der Waals surface area contributed by atoms with E-state index in [9.17, 15) is 4.79 Å². The van der Waals surface area contributed by atoms with Crippen LogP contribution in [0.2, 0.25) is 5.02 Å². The SMILES string of the molecule is COc1cc(C)c(Cl)cc1C(=O)S. The summed E-state index contributed by atoms with van der Waals surface area (Å²) in [6, 6.07) is 3.27. The maximum atomic E-state index is 11.0. The van der Waals surface area contributed by atoms with E-state index in [0.717, 1.165) is 5.56 Å². The van der Waals surface area contributed by atoms with Gasteiger partial charge < -0.3 is 4.74 Å². The van der Waals surface area contributed by atoms with Gasteiger partial charge in [-0.25, -0.2) is 0 Å². The molecule has 0 aliphatic rings. The van der Waals surface area contributed by atoms with Crippen molar-refractivity contribution in [3.63, 3.8) is 0 Å². The third kappa shape index (κ3) is 2.17. The molecule has 0 saturated heterocycles. The van der Waals surface area contributed by atoms with Crippen LogP contribution in [0.15, 0.2) is 12.1 Å². The fourth-order valence-corrected chi connectivity index (χ4v) is 1.33. The number of carbonyl (C=O) groups is 1. The number of benzene rings is 1. The van der Waals surface area contributed by atoms with Crippen LogP contribution in [0.3, 0.4) is 0 Å². The van der Waals surface area contributed by atoms with E-state index in [2.05, 4.69) is 12.6 Å². The molecular formula is C9H9ClO2S. The summed E-state index contributed by atoms with van der Waals surface area (Å²) >= 11 is 9.56. The number of carbonyl (C=O) groups excluding carboxylic acids is 1. The van der Waals surface area contributed by atoms with Crippen molar-refractivity contribution in [2.24, 2.45) is 0 Å². The first-order chi connectivity index (χ1) is 6.06. The van der Waals surface area contributed by atoms with Gasteiger partial charge in [0, 0.05) is 5.02 Å². The lowest BCUT2D eigenvalue weighted by atomic mass is 10.1.